The molecular formula is C27H23F3N2O2. The minimum absolute atomic E-state index is 0.0170. The first kappa shape index (κ1) is 22.2. The number of halogens is 3. The number of aromatic nitrogens is 1. The molecule has 1 fully saturated rings. The highest BCUT2D eigenvalue weighted by atomic mass is 19.4. The fourth-order valence-corrected chi connectivity index (χ4v) is 4.59. The van der Waals surface area contributed by atoms with Crippen molar-refractivity contribution in [3.63, 3.8) is 0 Å². The molecule has 4 nitrogen and oxygen atoms in total. The van der Waals surface area contributed by atoms with E-state index < -0.39 is 11.7 Å². The van der Waals surface area contributed by atoms with Gasteiger partial charge in [-0.25, -0.2) is 0 Å². The molecule has 2 aromatic carbocycles. The number of nitrogens with zero attached hydrogens (tertiary/aromatic N) is 2. The summed E-state index contributed by atoms with van der Waals surface area (Å²) < 4.78 is 45.0. The van der Waals surface area contributed by atoms with Gasteiger partial charge in [0, 0.05) is 41.2 Å². The summed E-state index contributed by atoms with van der Waals surface area (Å²) in [4.78, 5) is 19.7. The maximum Gasteiger partial charge on any atom is 0.416 e. The van der Waals surface area contributed by atoms with E-state index in [2.05, 4.69) is 4.98 Å². The van der Waals surface area contributed by atoms with Gasteiger partial charge in [-0.1, -0.05) is 18.2 Å². The molecule has 0 radical (unpaired) electrons. The number of aryl methyl sites for hydroxylation is 1. The highest BCUT2D eigenvalue weighted by Gasteiger charge is 2.31. The van der Waals surface area contributed by atoms with E-state index in [0.717, 1.165) is 47.4 Å². The summed E-state index contributed by atoms with van der Waals surface area (Å²) in [6.07, 6.45) is -2.71. The third-order valence-corrected chi connectivity index (χ3v) is 6.27. The minimum Gasteiger partial charge on any atom is -0.461 e. The second-order valence-electron chi connectivity index (χ2n) is 8.73. The van der Waals surface area contributed by atoms with Crippen molar-refractivity contribution >= 4 is 16.9 Å². The van der Waals surface area contributed by atoms with E-state index in [0.29, 0.717) is 29.9 Å². The molecule has 7 heteroatoms. The topological polar surface area (TPSA) is 46.3 Å². The number of alkyl halides is 3. The van der Waals surface area contributed by atoms with E-state index in [1.54, 1.807) is 18.2 Å². The molecule has 0 aliphatic carbocycles. The minimum atomic E-state index is -4.41. The Morgan fingerprint density at radius 2 is 1.88 bits per heavy atom. The first-order valence-electron chi connectivity index (χ1n) is 11.2. The third-order valence-electron chi connectivity index (χ3n) is 6.27. The molecule has 5 rings (SSSR count). The summed E-state index contributed by atoms with van der Waals surface area (Å²) >= 11 is 0. The average molecular weight is 464 g/mol. The predicted octanol–water partition coefficient (Wildman–Crippen LogP) is 6.84. The smallest absolute Gasteiger partial charge is 0.416 e. The Labute approximate surface area is 195 Å². The molecule has 1 aliphatic rings. The van der Waals surface area contributed by atoms with Crippen LogP contribution in [0.15, 0.2) is 71.1 Å². The third kappa shape index (κ3) is 4.42. The molecule has 1 amide bonds. The molecule has 1 atom stereocenters. The molecule has 4 aromatic rings. The van der Waals surface area contributed by atoms with Gasteiger partial charge in [-0.3, -0.25) is 9.78 Å². The van der Waals surface area contributed by atoms with Gasteiger partial charge in [-0.15, -0.1) is 0 Å². The van der Waals surface area contributed by atoms with Crippen LogP contribution in [0.4, 0.5) is 13.2 Å². The van der Waals surface area contributed by atoms with Gasteiger partial charge >= 0.3 is 6.18 Å². The highest BCUT2D eigenvalue weighted by molar-refractivity contribution is 5.98. The van der Waals surface area contributed by atoms with Crippen LogP contribution in [0.1, 0.15) is 46.1 Å². The van der Waals surface area contributed by atoms with Gasteiger partial charge in [0.25, 0.3) is 5.91 Å². The van der Waals surface area contributed by atoms with Crippen molar-refractivity contribution < 1.29 is 22.4 Å². The van der Waals surface area contributed by atoms with Gasteiger partial charge in [0.1, 0.15) is 11.3 Å². The van der Waals surface area contributed by atoms with Gasteiger partial charge in [0.05, 0.1) is 11.3 Å². The molecule has 1 saturated heterocycles. The standard InChI is InChI=1S/C27H23F3N2O2/c1-17-13-21-14-19(10-11-25(21)34-17)26(33)32-12-4-6-20(16-32)24-9-3-8-23(31-24)18-5-2-7-22(15-18)27(28,29)30/h2-3,5,7-11,13-15,20H,4,6,12,16H2,1H3/t20-/m0/s1. The van der Waals surface area contributed by atoms with Crippen LogP contribution < -0.4 is 0 Å². The summed E-state index contributed by atoms with van der Waals surface area (Å²) in [5, 5.41) is 0.896. The van der Waals surface area contributed by atoms with Gasteiger partial charge in [-0.05, 0) is 68.3 Å². The molecule has 0 saturated carbocycles. The number of amides is 1. The lowest BCUT2D eigenvalue weighted by Crippen LogP contribution is -2.39. The number of benzene rings is 2. The molecule has 2 aromatic heterocycles. The Kier molecular flexibility index (Phi) is 5.63. The molecular weight excluding hydrogens is 441 g/mol. The van der Waals surface area contributed by atoms with Gasteiger partial charge in [-0.2, -0.15) is 13.2 Å². The molecule has 0 unspecified atom stereocenters. The number of hydrogen-bond donors (Lipinski definition) is 0. The summed E-state index contributed by atoms with van der Waals surface area (Å²) in [5.74, 6) is 0.771. The zero-order valence-electron chi connectivity index (χ0n) is 18.6. The number of pyridine rings is 1. The van der Waals surface area contributed by atoms with Crippen molar-refractivity contribution in [2.24, 2.45) is 0 Å². The number of hydrogen-bond acceptors (Lipinski definition) is 3. The van der Waals surface area contributed by atoms with Crippen LogP contribution in [0.3, 0.4) is 0 Å². The summed E-state index contributed by atoms with van der Waals surface area (Å²) in [6.45, 7) is 3.04. The van der Waals surface area contributed by atoms with Crippen LogP contribution in [-0.2, 0) is 6.18 Å². The summed E-state index contributed by atoms with van der Waals surface area (Å²) in [6, 6.07) is 18.0. The van der Waals surface area contributed by atoms with Crippen molar-refractivity contribution in [1.82, 2.24) is 9.88 Å². The lowest BCUT2D eigenvalue weighted by atomic mass is 9.93. The Bertz CT molecular complexity index is 1360. The highest BCUT2D eigenvalue weighted by Crippen LogP contribution is 2.33. The fourth-order valence-electron chi connectivity index (χ4n) is 4.59. The van der Waals surface area contributed by atoms with E-state index in [1.165, 1.54) is 6.07 Å². The quantitative estimate of drug-likeness (QED) is 0.333. The van der Waals surface area contributed by atoms with Crippen LogP contribution in [0, 0.1) is 6.92 Å². The van der Waals surface area contributed by atoms with E-state index in [4.69, 9.17) is 4.42 Å². The second kappa shape index (κ2) is 8.63. The van der Waals surface area contributed by atoms with Crippen LogP contribution in [0.25, 0.3) is 22.2 Å². The van der Waals surface area contributed by atoms with Crippen LogP contribution in [-0.4, -0.2) is 28.9 Å². The van der Waals surface area contributed by atoms with E-state index in [9.17, 15) is 18.0 Å². The first-order valence-corrected chi connectivity index (χ1v) is 11.2. The van der Waals surface area contributed by atoms with Crippen molar-refractivity contribution in [3.8, 4) is 11.3 Å². The van der Waals surface area contributed by atoms with Gasteiger partial charge in [0.15, 0.2) is 0 Å². The number of rotatable bonds is 3. The van der Waals surface area contributed by atoms with Gasteiger partial charge in [0.2, 0.25) is 0 Å². The molecule has 174 valence electrons. The second-order valence-corrected chi connectivity index (χ2v) is 8.73. The molecule has 0 bridgehead atoms. The van der Waals surface area contributed by atoms with Crippen molar-refractivity contribution in [2.75, 3.05) is 13.1 Å². The number of carbonyl (C=O) groups is 1. The number of piperidine rings is 1. The summed E-state index contributed by atoms with van der Waals surface area (Å²) in [5.41, 5.74) is 2.36. The number of likely N-dealkylation sites (tertiary alicyclic amines) is 1. The zero-order chi connectivity index (χ0) is 23.9. The predicted molar refractivity (Wildman–Crippen MR) is 124 cm³/mol. The zero-order valence-corrected chi connectivity index (χ0v) is 18.6. The SMILES string of the molecule is Cc1cc2cc(C(=O)N3CCC[C@H](c4cccc(-c5cccc(C(F)(F)F)c5)n4)C3)ccc2o1. The Balaban J connectivity index is 1.37. The normalized spacial score (nSPS) is 16.7. The Morgan fingerprint density at radius 1 is 1.06 bits per heavy atom. The van der Waals surface area contributed by atoms with Crippen molar-refractivity contribution in [1.29, 1.82) is 0 Å². The molecule has 3 heterocycles. The van der Waals surface area contributed by atoms with Crippen LogP contribution >= 0.6 is 0 Å². The number of fused-ring (bicyclic) bond motifs is 1. The molecule has 1 aliphatic heterocycles. The Morgan fingerprint density at radius 3 is 2.71 bits per heavy atom. The Hall–Kier alpha value is -3.61. The lowest BCUT2D eigenvalue weighted by Gasteiger charge is -2.32. The fraction of sp³-hybridized carbons (Fsp3) is 0.259. The van der Waals surface area contributed by atoms with E-state index in [1.807, 2.05) is 42.2 Å². The average Bonchev–Trinajstić information content (AvgIpc) is 3.22. The van der Waals surface area contributed by atoms with Crippen molar-refractivity contribution in [2.45, 2.75) is 31.9 Å². The van der Waals surface area contributed by atoms with Crippen molar-refractivity contribution in [3.05, 3.63) is 89.3 Å². The number of furan rings is 1. The van der Waals surface area contributed by atoms with Crippen LogP contribution in [0.2, 0.25) is 0 Å². The molecule has 34 heavy (non-hydrogen) atoms. The van der Waals surface area contributed by atoms with Gasteiger partial charge < -0.3 is 9.32 Å². The number of carbonyl (C=O) groups excluding carboxylic acids is 1. The van der Waals surface area contributed by atoms with E-state index >= 15 is 0 Å². The first-order chi connectivity index (χ1) is 16.3. The monoisotopic (exact) mass is 464 g/mol. The summed E-state index contributed by atoms with van der Waals surface area (Å²) in [7, 11) is 0. The maximum absolute atomic E-state index is 13.2. The van der Waals surface area contributed by atoms with E-state index in [-0.39, 0.29) is 11.8 Å². The molecule has 0 spiro atoms. The molecule has 0 N–H and O–H groups in total. The lowest BCUT2D eigenvalue weighted by molar-refractivity contribution is -0.137. The van der Waals surface area contributed by atoms with Crippen LogP contribution in [0.5, 0.6) is 0 Å². The maximum atomic E-state index is 13.2. The largest absolute Gasteiger partial charge is 0.461 e.